The Bertz CT molecular complexity index is 807. The summed E-state index contributed by atoms with van der Waals surface area (Å²) in [6.45, 7) is 1.94. The highest BCUT2D eigenvalue weighted by Crippen LogP contribution is 2.35. The third-order valence-corrected chi connectivity index (χ3v) is 3.95. The van der Waals surface area contributed by atoms with Crippen LogP contribution in [0.1, 0.15) is 25.3 Å². The smallest absolute Gasteiger partial charge is 0.265 e. The molecule has 25 heavy (non-hydrogen) atoms. The molecule has 0 aliphatic carbocycles. The molecule has 130 valence electrons. The number of hydrogen-bond acceptors (Lipinski definition) is 3. The van der Waals surface area contributed by atoms with Crippen LogP contribution < -0.4 is 15.0 Å². The quantitative estimate of drug-likeness (QED) is 0.905. The van der Waals surface area contributed by atoms with Gasteiger partial charge in [0.05, 0.1) is 12.2 Å². The average Bonchev–Trinajstić information content (AvgIpc) is 2.59. The molecule has 0 spiro atoms. The summed E-state index contributed by atoms with van der Waals surface area (Å²) in [5.41, 5.74) is 1.52. The minimum atomic E-state index is -0.365. The van der Waals surface area contributed by atoms with Crippen molar-refractivity contribution in [2.24, 2.45) is 0 Å². The second kappa shape index (κ2) is 7.34. The van der Waals surface area contributed by atoms with Crippen molar-refractivity contribution < 1.29 is 18.7 Å². The monoisotopic (exact) mass is 342 g/mol. The van der Waals surface area contributed by atoms with Gasteiger partial charge < -0.3 is 15.0 Å². The maximum absolute atomic E-state index is 14.0. The van der Waals surface area contributed by atoms with Crippen LogP contribution in [0.4, 0.5) is 15.8 Å². The van der Waals surface area contributed by atoms with Gasteiger partial charge in [0.1, 0.15) is 11.6 Å². The summed E-state index contributed by atoms with van der Waals surface area (Å²) < 4.78 is 19.4. The summed E-state index contributed by atoms with van der Waals surface area (Å²) in [4.78, 5) is 25.6. The number of anilines is 2. The number of fused-ring (bicyclic) bond motifs is 1. The van der Waals surface area contributed by atoms with Gasteiger partial charge in [-0.3, -0.25) is 9.59 Å². The summed E-state index contributed by atoms with van der Waals surface area (Å²) in [5, 5.41) is 2.80. The van der Waals surface area contributed by atoms with Gasteiger partial charge in [-0.25, -0.2) is 4.39 Å². The van der Waals surface area contributed by atoms with Crippen LogP contribution >= 0.6 is 0 Å². The zero-order valence-corrected chi connectivity index (χ0v) is 13.9. The van der Waals surface area contributed by atoms with Gasteiger partial charge in [0.2, 0.25) is 5.91 Å². The number of hydrogen-bond donors (Lipinski definition) is 1. The first-order valence-electron chi connectivity index (χ1n) is 8.19. The molecule has 1 aliphatic rings. The Kier molecular flexibility index (Phi) is 4.97. The zero-order valence-electron chi connectivity index (χ0n) is 13.9. The molecule has 0 unspecified atom stereocenters. The van der Waals surface area contributed by atoms with Gasteiger partial charge in [-0.1, -0.05) is 25.1 Å². The summed E-state index contributed by atoms with van der Waals surface area (Å²) in [6, 6.07) is 11.5. The fourth-order valence-corrected chi connectivity index (χ4v) is 2.70. The van der Waals surface area contributed by atoms with Gasteiger partial charge in [0, 0.05) is 17.7 Å². The molecule has 2 aromatic rings. The van der Waals surface area contributed by atoms with E-state index in [9.17, 15) is 14.0 Å². The third kappa shape index (κ3) is 3.79. The number of nitrogens with zero attached hydrogens (tertiary/aromatic N) is 1. The standard InChI is InChI=1S/C19H19FN2O3/c1-2-5-18(23)21-14-8-9-17-16(10-14)22(19(24)12-25-17)11-13-6-3-4-7-15(13)20/h3-4,6-10H,2,5,11-12H2,1H3,(H,21,23). The lowest BCUT2D eigenvalue weighted by Crippen LogP contribution is -2.38. The summed E-state index contributed by atoms with van der Waals surface area (Å²) >= 11 is 0. The van der Waals surface area contributed by atoms with Crippen LogP contribution in [0.15, 0.2) is 42.5 Å². The average molecular weight is 342 g/mol. The number of nitrogens with one attached hydrogen (secondary N) is 1. The summed E-state index contributed by atoms with van der Waals surface area (Å²) in [7, 11) is 0. The van der Waals surface area contributed by atoms with Crippen LogP contribution in [0.5, 0.6) is 5.75 Å². The topological polar surface area (TPSA) is 58.6 Å². The van der Waals surface area contributed by atoms with Crippen molar-refractivity contribution in [1.82, 2.24) is 0 Å². The van der Waals surface area contributed by atoms with Crippen LogP contribution in [-0.4, -0.2) is 18.4 Å². The highest BCUT2D eigenvalue weighted by atomic mass is 19.1. The van der Waals surface area contributed by atoms with Crippen LogP contribution in [0.25, 0.3) is 0 Å². The molecule has 0 atom stereocenters. The number of benzene rings is 2. The first-order chi connectivity index (χ1) is 12.1. The number of amides is 2. The van der Waals surface area contributed by atoms with E-state index < -0.39 is 0 Å². The molecule has 0 bridgehead atoms. The number of carbonyl (C=O) groups is 2. The Balaban J connectivity index is 1.89. The molecule has 6 heteroatoms. The van der Waals surface area contributed by atoms with E-state index in [4.69, 9.17) is 4.74 Å². The number of carbonyl (C=O) groups excluding carboxylic acids is 2. The highest BCUT2D eigenvalue weighted by Gasteiger charge is 2.26. The molecule has 0 radical (unpaired) electrons. The minimum Gasteiger partial charge on any atom is -0.482 e. The van der Waals surface area contributed by atoms with E-state index in [1.807, 2.05) is 6.92 Å². The van der Waals surface area contributed by atoms with Gasteiger partial charge >= 0.3 is 0 Å². The molecule has 0 saturated carbocycles. The zero-order chi connectivity index (χ0) is 17.8. The van der Waals surface area contributed by atoms with Crippen molar-refractivity contribution in [2.45, 2.75) is 26.3 Å². The Morgan fingerprint density at radius 3 is 2.84 bits per heavy atom. The molecule has 1 N–H and O–H groups in total. The van der Waals surface area contributed by atoms with E-state index in [-0.39, 0.29) is 30.8 Å². The van der Waals surface area contributed by atoms with E-state index >= 15 is 0 Å². The van der Waals surface area contributed by atoms with Gasteiger partial charge in [-0.15, -0.1) is 0 Å². The lowest BCUT2D eigenvalue weighted by Gasteiger charge is -2.30. The van der Waals surface area contributed by atoms with Gasteiger partial charge in [0.25, 0.3) is 5.91 Å². The molecule has 0 saturated heterocycles. The van der Waals surface area contributed by atoms with Crippen molar-refractivity contribution >= 4 is 23.2 Å². The summed E-state index contributed by atoms with van der Waals surface area (Å²) in [6.07, 6.45) is 1.17. The first-order valence-corrected chi connectivity index (χ1v) is 8.19. The van der Waals surface area contributed by atoms with Crippen LogP contribution in [-0.2, 0) is 16.1 Å². The number of halogens is 1. The van der Waals surface area contributed by atoms with Crippen LogP contribution in [0, 0.1) is 5.82 Å². The lowest BCUT2D eigenvalue weighted by atomic mass is 10.1. The molecule has 1 heterocycles. The lowest BCUT2D eigenvalue weighted by molar-refractivity contribution is -0.121. The largest absolute Gasteiger partial charge is 0.482 e. The van der Waals surface area contributed by atoms with Gasteiger partial charge in [-0.2, -0.15) is 0 Å². The number of rotatable bonds is 5. The predicted octanol–water partition coefficient (Wildman–Crippen LogP) is 3.49. The maximum atomic E-state index is 14.0. The molecule has 0 fully saturated rings. The van der Waals surface area contributed by atoms with Crippen molar-refractivity contribution in [3.05, 3.63) is 53.8 Å². The van der Waals surface area contributed by atoms with Gasteiger partial charge in [0.15, 0.2) is 6.61 Å². The molecule has 1 aliphatic heterocycles. The van der Waals surface area contributed by atoms with Crippen molar-refractivity contribution in [1.29, 1.82) is 0 Å². The Labute approximate surface area is 145 Å². The highest BCUT2D eigenvalue weighted by molar-refractivity contribution is 5.99. The molecule has 0 aromatic heterocycles. The van der Waals surface area contributed by atoms with Crippen molar-refractivity contribution in [2.75, 3.05) is 16.8 Å². The van der Waals surface area contributed by atoms with E-state index in [0.29, 0.717) is 29.1 Å². The maximum Gasteiger partial charge on any atom is 0.265 e. The SMILES string of the molecule is CCCC(=O)Nc1ccc2c(c1)N(Cc1ccccc1F)C(=O)CO2. The molecule has 3 rings (SSSR count). The van der Waals surface area contributed by atoms with E-state index in [1.54, 1.807) is 36.4 Å². The van der Waals surface area contributed by atoms with E-state index in [1.165, 1.54) is 11.0 Å². The van der Waals surface area contributed by atoms with Crippen molar-refractivity contribution in [3.63, 3.8) is 0 Å². The molecule has 5 nitrogen and oxygen atoms in total. The predicted molar refractivity (Wildman–Crippen MR) is 93.1 cm³/mol. The second-order valence-corrected chi connectivity index (χ2v) is 5.84. The van der Waals surface area contributed by atoms with Crippen LogP contribution in [0.2, 0.25) is 0 Å². The Morgan fingerprint density at radius 2 is 2.08 bits per heavy atom. The Hall–Kier alpha value is -2.89. The van der Waals surface area contributed by atoms with Crippen molar-refractivity contribution in [3.8, 4) is 5.75 Å². The molecular formula is C19H19FN2O3. The van der Waals surface area contributed by atoms with E-state index in [0.717, 1.165) is 6.42 Å². The third-order valence-electron chi connectivity index (χ3n) is 3.95. The normalized spacial score (nSPS) is 13.2. The number of ether oxygens (including phenoxy) is 1. The minimum absolute atomic E-state index is 0.0915. The molecule has 2 aromatic carbocycles. The summed E-state index contributed by atoms with van der Waals surface area (Å²) in [5.74, 6) is -0.181. The fourth-order valence-electron chi connectivity index (χ4n) is 2.70. The molecular weight excluding hydrogens is 323 g/mol. The first kappa shape index (κ1) is 17.0. The van der Waals surface area contributed by atoms with Crippen LogP contribution in [0.3, 0.4) is 0 Å². The fraction of sp³-hybridized carbons (Fsp3) is 0.263. The molecule has 2 amide bonds. The van der Waals surface area contributed by atoms with E-state index in [2.05, 4.69) is 5.32 Å². The van der Waals surface area contributed by atoms with Gasteiger partial charge in [-0.05, 0) is 30.7 Å². The Morgan fingerprint density at radius 1 is 1.28 bits per heavy atom. The second-order valence-electron chi connectivity index (χ2n) is 5.84.